The molecule has 1 rings (SSSR count). The zero-order chi connectivity index (χ0) is 15.3. The van der Waals surface area contributed by atoms with Gasteiger partial charge in [0.05, 0.1) is 12.1 Å². The lowest BCUT2D eigenvalue weighted by Gasteiger charge is -2.33. The number of nitrogens with zero attached hydrogens (tertiary/aromatic N) is 1. The number of hydrogen-bond acceptors (Lipinski definition) is 3. The topological polar surface area (TPSA) is 75.4 Å². The van der Waals surface area contributed by atoms with E-state index in [-0.39, 0.29) is 12.5 Å². The van der Waals surface area contributed by atoms with Gasteiger partial charge in [-0.3, -0.25) is 14.9 Å². The summed E-state index contributed by atoms with van der Waals surface area (Å²) in [5.74, 6) is 0.703. The fourth-order valence-electron chi connectivity index (χ4n) is 2.72. The van der Waals surface area contributed by atoms with Crippen molar-refractivity contribution in [3.8, 4) is 0 Å². The second-order valence-electron chi connectivity index (χ2n) is 6.71. The van der Waals surface area contributed by atoms with Gasteiger partial charge in [-0.1, -0.05) is 20.8 Å². The van der Waals surface area contributed by atoms with E-state index in [0.29, 0.717) is 18.3 Å². The number of likely N-dealkylation sites (tertiary alicyclic amines) is 1. The number of carbonyl (C=O) groups is 2. The molecule has 0 saturated carbocycles. The highest BCUT2D eigenvalue weighted by Crippen LogP contribution is 2.18. The molecule has 116 valence electrons. The van der Waals surface area contributed by atoms with E-state index in [1.807, 2.05) is 18.7 Å². The fourth-order valence-corrected chi connectivity index (χ4v) is 2.72. The zero-order valence-corrected chi connectivity index (χ0v) is 13.2. The van der Waals surface area contributed by atoms with Crippen molar-refractivity contribution in [2.45, 2.75) is 52.5 Å². The Morgan fingerprint density at radius 1 is 1.35 bits per heavy atom. The van der Waals surface area contributed by atoms with E-state index in [2.05, 4.69) is 12.2 Å². The maximum absolute atomic E-state index is 12.2. The monoisotopic (exact) mass is 283 g/mol. The van der Waals surface area contributed by atoms with Gasteiger partial charge in [-0.25, -0.2) is 0 Å². The third-order valence-electron chi connectivity index (χ3n) is 4.13. The number of nitrogens with two attached hydrogens (primary N) is 1. The van der Waals surface area contributed by atoms with Crippen molar-refractivity contribution in [2.75, 3.05) is 19.6 Å². The average Bonchev–Trinajstić information content (AvgIpc) is 2.36. The summed E-state index contributed by atoms with van der Waals surface area (Å²) < 4.78 is 0. The Hall–Kier alpha value is -1.10. The second-order valence-corrected chi connectivity index (χ2v) is 6.71. The number of nitrogens with one attached hydrogen (secondary N) is 1. The quantitative estimate of drug-likeness (QED) is 0.767. The maximum Gasteiger partial charge on any atom is 0.237 e. The van der Waals surface area contributed by atoms with Gasteiger partial charge in [0, 0.05) is 13.1 Å². The third-order valence-corrected chi connectivity index (χ3v) is 4.13. The number of primary amides is 1. The molecule has 2 amide bonds. The second kappa shape index (κ2) is 7.07. The van der Waals surface area contributed by atoms with Crippen molar-refractivity contribution >= 4 is 11.8 Å². The fraction of sp³-hybridized carbons (Fsp3) is 0.867. The minimum absolute atomic E-state index is 0.0631. The number of amides is 2. The average molecular weight is 283 g/mol. The van der Waals surface area contributed by atoms with Gasteiger partial charge in [-0.15, -0.1) is 0 Å². The number of piperidine rings is 1. The van der Waals surface area contributed by atoms with Gasteiger partial charge in [0.2, 0.25) is 11.8 Å². The minimum Gasteiger partial charge on any atom is -0.368 e. The van der Waals surface area contributed by atoms with E-state index in [1.54, 1.807) is 6.92 Å². The summed E-state index contributed by atoms with van der Waals surface area (Å²) in [5.41, 5.74) is 4.66. The first-order valence-electron chi connectivity index (χ1n) is 7.57. The first kappa shape index (κ1) is 17.0. The van der Waals surface area contributed by atoms with Crippen molar-refractivity contribution in [2.24, 2.45) is 17.6 Å². The number of hydrogen-bond donors (Lipinski definition) is 2. The molecule has 0 aromatic carbocycles. The van der Waals surface area contributed by atoms with Gasteiger partial charge >= 0.3 is 0 Å². The molecule has 5 nitrogen and oxygen atoms in total. The predicted molar refractivity (Wildman–Crippen MR) is 80.0 cm³/mol. The van der Waals surface area contributed by atoms with E-state index in [4.69, 9.17) is 5.73 Å². The van der Waals surface area contributed by atoms with Crippen LogP contribution in [-0.2, 0) is 9.59 Å². The molecule has 1 atom stereocenters. The molecular weight excluding hydrogens is 254 g/mol. The molecule has 1 saturated heterocycles. The van der Waals surface area contributed by atoms with E-state index in [0.717, 1.165) is 25.9 Å². The summed E-state index contributed by atoms with van der Waals surface area (Å²) in [7, 11) is 0. The number of carbonyl (C=O) groups excluding carboxylic acids is 2. The molecule has 1 aliphatic heterocycles. The summed E-state index contributed by atoms with van der Waals surface area (Å²) in [4.78, 5) is 25.7. The summed E-state index contributed by atoms with van der Waals surface area (Å²) in [6.07, 6.45) is 2.75. The van der Waals surface area contributed by atoms with Crippen LogP contribution in [0.3, 0.4) is 0 Å². The molecule has 0 unspecified atom stereocenters. The van der Waals surface area contributed by atoms with Crippen LogP contribution in [0.15, 0.2) is 0 Å². The van der Waals surface area contributed by atoms with Gasteiger partial charge < -0.3 is 10.6 Å². The Morgan fingerprint density at radius 2 is 1.90 bits per heavy atom. The van der Waals surface area contributed by atoms with Crippen molar-refractivity contribution in [1.82, 2.24) is 10.2 Å². The van der Waals surface area contributed by atoms with Crippen molar-refractivity contribution in [1.29, 1.82) is 0 Å². The molecule has 3 N–H and O–H groups in total. The molecule has 1 aliphatic rings. The zero-order valence-electron chi connectivity index (χ0n) is 13.2. The standard InChI is InChI=1S/C15H29N3O2/c1-11(2)9-15(4,14(16)20)17-10-13(19)18-7-5-12(3)6-8-18/h11-12,17H,5-10H2,1-4H3,(H2,16,20)/t15-/m1/s1. The molecule has 0 aromatic rings. The van der Waals surface area contributed by atoms with Crippen LogP contribution in [0, 0.1) is 11.8 Å². The van der Waals surface area contributed by atoms with Gasteiger partial charge in [0.15, 0.2) is 0 Å². The molecule has 0 aliphatic carbocycles. The van der Waals surface area contributed by atoms with Crippen molar-refractivity contribution < 1.29 is 9.59 Å². The van der Waals surface area contributed by atoms with Gasteiger partial charge in [0.1, 0.15) is 0 Å². The number of rotatable bonds is 6. The Kier molecular flexibility index (Phi) is 5.99. The highest BCUT2D eigenvalue weighted by atomic mass is 16.2. The van der Waals surface area contributed by atoms with Crippen molar-refractivity contribution in [3.63, 3.8) is 0 Å². The molecule has 20 heavy (non-hydrogen) atoms. The van der Waals surface area contributed by atoms with E-state index in [1.165, 1.54) is 0 Å². The molecule has 0 radical (unpaired) electrons. The maximum atomic E-state index is 12.2. The third kappa shape index (κ3) is 4.78. The summed E-state index contributed by atoms with van der Waals surface area (Å²) in [6.45, 7) is 9.89. The lowest BCUT2D eigenvalue weighted by Crippen LogP contribution is -2.56. The Morgan fingerprint density at radius 3 is 2.35 bits per heavy atom. The van der Waals surface area contributed by atoms with E-state index < -0.39 is 11.4 Å². The Balaban J connectivity index is 2.50. The van der Waals surface area contributed by atoms with Crippen LogP contribution in [0.5, 0.6) is 0 Å². The Bertz CT molecular complexity index is 349. The molecule has 0 aromatic heterocycles. The van der Waals surface area contributed by atoms with Crippen LogP contribution in [0.25, 0.3) is 0 Å². The first-order chi connectivity index (χ1) is 9.24. The first-order valence-corrected chi connectivity index (χ1v) is 7.57. The molecule has 0 bridgehead atoms. The van der Waals surface area contributed by atoms with E-state index >= 15 is 0 Å². The van der Waals surface area contributed by atoms with Gasteiger partial charge in [-0.05, 0) is 38.0 Å². The molecule has 1 heterocycles. The summed E-state index contributed by atoms with van der Waals surface area (Å²) in [5, 5.41) is 3.07. The summed E-state index contributed by atoms with van der Waals surface area (Å²) >= 11 is 0. The van der Waals surface area contributed by atoms with E-state index in [9.17, 15) is 9.59 Å². The highest BCUT2D eigenvalue weighted by molar-refractivity contribution is 5.85. The van der Waals surface area contributed by atoms with Crippen LogP contribution in [0.2, 0.25) is 0 Å². The van der Waals surface area contributed by atoms with Crippen molar-refractivity contribution in [3.05, 3.63) is 0 Å². The SMILES string of the molecule is CC(C)C[C@@](C)(NCC(=O)N1CCC(C)CC1)C(N)=O. The molecule has 1 fully saturated rings. The van der Waals surface area contributed by atoms with Gasteiger partial charge in [0.25, 0.3) is 0 Å². The van der Waals surface area contributed by atoms with Crippen LogP contribution in [-0.4, -0.2) is 41.9 Å². The smallest absolute Gasteiger partial charge is 0.237 e. The van der Waals surface area contributed by atoms with Crippen LogP contribution in [0.4, 0.5) is 0 Å². The normalized spacial score (nSPS) is 19.9. The van der Waals surface area contributed by atoms with Crippen LogP contribution < -0.4 is 11.1 Å². The van der Waals surface area contributed by atoms with Crippen LogP contribution in [0.1, 0.15) is 47.0 Å². The minimum atomic E-state index is -0.813. The highest BCUT2D eigenvalue weighted by Gasteiger charge is 2.32. The molecule has 0 spiro atoms. The predicted octanol–water partition coefficient (Wildman–Crippen LogP) is 1.12. The largest absolute Gasteiger partial charge is 0.368 e. The lowest BCUT2D eigenvalue weighted by molar-refractivity contribution is -0.132. The van der Waals surface area contributed by atoms with Gasteiger partial charge in [-0.2, -0.15) is 0 Å². The summed E-state index contributed by atoms with van der Waals surface area (Å²) in [6, 6.07) is 0. The molecular formula is C15H29N3O2. The lowest BCUT2D eigenvalue weighted by atomic mass is 9.90. The van der Waals surface area contributed by atoms with Crippen LogP contribution >= 0.6 is 0 Å². The molecule has 5 heteroatoms. The Labute approximate surface area is 122 Å².